The third kappa shape index (κ3) is 7.19. The van der Waals surface area contributed by atoms with Gasteiger partial charge in [0.1, 0.15) is 18.2 Å². The molecule has 208 valence electrons. The maximum absolute atomic E-state index is 12.9. The maximum Gasteiger partial charge on any atom is 0.269 e. The molecule has 9 heteroatoms. The van der Waals surface area contributed by atoms with E-state index in [-0.39, 0.29) is 17.9 Å². The molecule has 0 aliphatic rings. The number of rotatable bonds is 13. The zero-order valence-electron chi connectivity index (χ0n) is 22.7. The first-order valence-corrected chi connectivity index (χ1v) is 13.1. The molecule has 0 unspecified atom stereocenters. The van der Waals surface area contributed by atoms with Gasteiger partial charge in [0, 0.05) is 41.3 Å². The highest BCUT2D eigenvalue weighted by molar-refractivity contribution is 6.01. The van der Waals surface area contributed by atoms with Gasteiger partial charge in [0.2, 0.25) is 0 Å². The second-order valence-electron chi connectivity index (χ2n) is 9.18. The standard InChI is InChI=1S/C32H30N4O5/c1-3-7-24-16-23(18-30(40-4-2)31(24)41-21-22-10-12-27(13-11-22)36(38)39)17-26(19-33)32(37)34-15-14-25-20-35-29-9-6-5-8-28(25)29/h3,5-6,8-13,16-18,20,35H,1,4,7,14-15,21H2,2H3,(H,34,37)/b26-17-. The summed E-state index contributed by atoms with van der Waals surface area (Å²) in [6.07, 6.45) is 6.25. The van der Waals surface area contributed by atoms with Crippen LogP contribution in [0.2, 0.25) is 0 Å². The Morgan fingerprint density at radius 2 is 1.93 bits per heavy atom. The summed E-state index contributed by atoms with van der Waals surface area (Å²) in [6, 6.07) is 19.6. The predicted octanol–water partition coefficient (Wildman–Crippen LogP) is 6.05. The highest BCUT2D eigenvalue weighted by Gasteiger charge is 2.16. The first-order chi connectivity index (χ1) is 19.9. The van der Waals surface area contributed by atoms with Crippen molar-refractivity contribution >= 4 is 28.6 Å². The van der Waals surface area contributed by atoms with Crippen LogP contribution in [-0.4, -0.2) is 29.0 Å². The number of carbonyl (C=O) groups excluding carboxylic acids is 1. The van der Waals surface area contributed by atoms with Gasteiger partial charge in [-0.2, -0.15) is 5.26 Å². The summed E-state index contributed by atoms with van der Waals surface area (Å²) in [7, 11) is 0. The predicted molar refractivity (Wildman–Crippen MR) is 158 cm³/mol. The molecule has 0 aliphatic carbocycles. The number of amides is 1. The molecule has 41 heavy (non-hydrogen) atoms. The smallest absolute Gasteiger partial charge is 0.269 e. The Morgan fingerprint density at radius 1 is 1.15 bits per heavy atom. The zero-order chi connectivity index (χ0) is 29.2. The van der Waals surface area contributed by atoms with Crippen molar-refractivity contribution in [3.8, 4) is 17.6 Å². The summed E-state index contributed by atoms with van der Waals surface area (Å²) < 4.78 is 12.0. The van der Waals surface area contributed by atoms with E-state index in [0.717, 1.165) is 27.6 Å². The topological polar surface area (TPSA) is 130 Å². The lowest BCUT2D eigenvalue weighted by atomic mass is 10.0. The normalized spacial score (nSPS) is 11.1. The molecule has 3 aromatic carbocycles. The molecule has 1 amide bonds. The minimum atomic E-state index is -0.464. The van der Waals surface area contributed by atoms with E-state index < -0.39 is 10.8 Å². The lowest BCUT2D eigenvalue weighted by Gasteiger charge is -2.17. The zero-order valence-corrected chi connectivity index (χ0v) is 22.7. The van der Waals surface area contributed by atoms with Crippen LogP contribution in [-0.2, 0) is 24.2 Å². The molecule has 9 nitrogen and oxygen atoms in total. The SMILES string of the molecule is C=CCc1cc(/C=C(/C#N)C(=O)NCCc2c[nH]c3ccccc23)cc(OCC)c1OCc1ccc([N+](=O)[O-])cc1. The van der Waals surface area contributed by atoms with Crippen molar-refractivity contribution < 1.29 is 19.2 Å². The number of para-hydroxylation sites is 1. The number of allylic oxidation sites excluding steroid dienone is 1. The summed E-state index contributed by atoms with van der Waals surface area (Å²) in [5.41, 5.74) is 4.21. The number of nitro groups is 1. The Hall–Kier alpha value is -5.36. The van der Waals surface area contributed by atoms with Crippen LogP contribution in [0.25, 0.3) is 17.0 Å². The number of aromatic nitrogens is 1. The van der Waals surface area contributed by atoms with Crippen LogP contribution in [0.1, 0.15) is 29.2 Å². The summed E-state index contributed by atoms with van der Waals surface area (Å²) in [5, 5.41) is 24.6. The Kier molecular flexibility index (Phi) is 9.52. The van der Waals surface area contributed by atoms with Crippen molar-refractivity contribution in [2.75, 3.05) is 13.2 Å². The van der Waals surface area contributed by atoms with Crippen molar-refractivity contribution in [3.05, 3.63) is 117 Å². The number of non-ortho nitro benzene ring substituents is 1. The molecule has 0 saturated carbocycles. The average Bonchev–Trinajstić information content (AvgIpc) is 3.39. The number of nitrogens with one attached hydrogen (secondary N) is 2. The maximum atomic E-state index is 12.9. The van der Waals surface area contributed by atoms with Gasteiger partial charge in [-0.1, -0.05) is 24.3 Å². The third-order valence-corrected chi connectivity index (χ3v) is 6.38. The molecule has 0 radical (unpaired) electrons. The molecule has 0 fully saturated rings. The van der Waals surface area contributed by atoms with Crippen LogP contribution in [0.15, 0.2) is 85.1 Å². The molecule has 1 heterocycles. The summed E-state index contributed by atoms with van der Waals surface area (Å²) in [6.45, 7) is 6.59. The van der Waals surface area contributed by atoms with Gasteiger partial charge in [0.05, 0.1) is 11.5 Å². The molecular weight excluding hydrogens is 520 g/mol. The fraction of sp³-hybridized carbons (Fsp3) is 0.188. The summed E-state index contributed by atoms with van der Waals surface area (Å²) in [5.74, 6) is 0.495. The van der Waals surface area contributed by atoms with Crippen LogP contribution in [0.4, 0.5) is 5.69 Å². The molecule has 1 aromatic heterocycles. The molecule has 0 spiro atoms. The number of benzene rings is 3. The lowest BCUT2D eigenvalue weighted by molar-refractivity contribution is -0.384. The Labute approximate surface area is 237 Å². The molecule has 0 atom stereocenters. The first-order valence-electron chi connectivity index (χ1n) is 13.1. The molecule has 0 aliphatic heterocycles. The highest BCUT2D eigenvalue weighted by Crippen LogP contribution is 2.35. The van der Waals surface area contributed by atoms with Crippen molar-refractivity contribution in [3.63, 3.8) is 0 Å². The molecule has 0 bridgehead atoms. The van der Waals surface area contributed by atoms with E-state index in [1.165, 1.54) is 18.2 Å². The minimum absolute atomic E-state index is 0.00235. The van der Waals surface area contributed by atoms with Gasteiger partial charge in [-0.25, -0.2) is 0 Å². The number of nitriles is 1. The quantitative estimate of drug-likeness (QED) is 0.0685. The second kappa shape index (κ2) is 13.6. The van der Waals surface area contributed by atoms with Gasteiger partial charge in [0.15, 0.2) is 11.5 Å². The first kappa shape index (κ1) is 28.6. The van der Waals surface area contributed by atoms with Crippen LogP contribution in [0.3, 0.4) is 0 Å². The van der Waals surface area contributed by atoms with Gasteiger partial charge < -0.3 is 19.8 Å². The monoisotopic (exact) mass is 550 g/mol. The average molecular weight is 551 g/mol. The molecule has 4 aromatic rings. The van der Waals surface area contributed by atoms with Crippen LogP contribution in [0, 0.1) is 21.4 Å². The van der Waals surface area contributed by atoms with Crippen molar-refractivity contribution in [1.82, 2.24) is 10.3 Å². The molecular formula is C32H30N4O5. The number of hydrogen-bond acceptors (Lipinski definition) is 6. The lowest BCUT2D eigenvalue weighted by Crippen LogP contribution is -2.26. The van der Waals surface area contributed by atoms with Crippen LogP contribution < -0.4 is 14.8 Å². The number of hydrogen-bond donors (Lipinski definition) is 2. The third-order valence-electron chi connectivity index (χ3n) is 6.38. The highest BCUT2D eigenvalue weighted by atomic mass is 16.6. The van der Waals surface area contributed by atoms with E-state index in [0.29, 0.717) is 43.1 Å². The number of H-pyrrole nitrogens is 1. The minimum Gasteiger partial charge on any atom is -0.490 e. The number of fused-ring (bicyclic) bond motifs is 1. The van der Waals surface area contributed by atoms with E-state index in [1.807, 2.05) is 49.5 Å². The largest absolute Gasteiger partial charge is 0.490 e. The summed E-state index contributed by atoms with van der Waals surface area (Å²) in [4.78, 5) is 26.6. The number of aromatic amines is 1. The number of ether oxygens (including phenoxy) is 2. The Balaban J connectivity index is 1.51. The van der Waals surface area contributed by atoms with E-state index in [2.05, 4.69) is 16.9 Å². The van der Waals surface area contributed by atoms with Crippen molar-refractivity contribution in [2.45, 2.75) is 26.4 Å². The van der Waals surface area contributed by atoms with Crippen molar-refractivity contribution in [1.29, 1.82) is 5.26 Å². The van der Waals surface area contributed by atoms with Gasteiger partial charge in [0.25, 0.3) is 11.6 Å². The Morgan fingerprint density at radius 3 is 2.63 bits per heavy atom. The Bertz CT molecular complexity index is 1630. The van der Waals surface area contributed by atoms with E-state index >= 15 is 0 Å². The molecule has 0 saturated heterocycles. The van der Waals surface area contributed by atoms with Crippen LogP contribution >= 0.6 is 0 Å². The van der Waals surface area contributed by atoms with Gasteiger partial charge in [-0.05, 0) is 72.9 Å². The van der Waals surface area contributed by atoms with E-state index in [1.54, 1.807) is 24.3 Å². The summed E-state index contributed by atoms with van der Waals surface area (Å²) >= 11 is 0. The van der Waals surface area contributed by atoms with E-state index in [9.17, 15) is 20.2 Å². The van der Waals surface area contributed by atoms with Gasteiger partial charge >= 0.3 is 0 Å². The number of nitro benzene ring substituents is 1. The van der Waals surface area contributed by atoms with Gasteiger partial charge in [-0.15, -0.1) is 6.58 Å². The van der Waals surface area contributed by atoms with Crippen molar-refractivity contribution in [2.24, 2.45) is 0 Å². The molecule has 4 rings (SSSR count). The second-order valence-corrected chi connectivity index (χ2v) is 9.18. The fourth-order valence-electron chi connectivity index (χ4n) is 4.43. The van der Waals surface area contributed by atoms with Crippen LogP contribution in [0.5, 0.6) is 11.5 Å². The number of carbonyl (C=O) groups is 1. The van der Waals surface area contributed by atoms with Gasteiger partial charge in [-0.3, -0.25) is 14.9 Å². The molecule has 2 N–H and O–H groups in total. The fourth-order valence-corrected chi connectivity index (χ4v) is 4.43. The van der Waals surface area contributed by atoms with E-state index in [4.69, 9.17) is 9.47 Å². The number of nitrogens with zero attached hydrogens (tertiary/aromatic N) is 2.